The van der Waals surface area contributed by atoms with E-state index in [9.17, 15) is 0 Å². The van der Waals surface area contributed by atoms with Gasteiger partial charge in [0.15, 0.2) is 0 Å². The Morgan fingerprint density at radius 1 is 1.20 bits per heavy atom. The van der Waals surface area contributed by atoms with Gasteiger partial charge >= 0.3 is 0 Å². The van der Waals surface area contributed by atoms with Gasteiger partial charge in [-0.2, -0.15) is 0 Å². The fourth-order valence-electron chi connectivity index (χ4n) is 0.0788. The minimum absolute atomic E-state index is 0.280. The molecule has 1 rings (SSSR count). The Balaban J connectivity index is 2.20. The van der Waals surface area contributed by atoms with E-state index >= 15 is 0 Å². The van der Waals surface area contributed by atoms with Crippen LogP contribution in [-0.2, 0) is 4.74 Å². The molecule has 2 unspecified atom stereocenters. The molecule has 3 heteroatoms. The Bertz CT molecular complexity index is 40.9. The van der Waals surface area contributed by atoms with Crippen LogP contribution >= 0.6 is 31.9 Å². The highest BCUT2D eigenvalue weighted by molar-refractivity contribution is 9.12. The van der Waals surface area contributed by atoms with Gasteiger partial charge in [-0.1, -0.05) is 31.9 Å². The van der Waals surface area contributed by atoms with E-state index in [0.717, 1.165) is 0 Å². The Kier molecular flexibility index (Phi) is 0.986. The molecule has 1 aliphatic heterocycles. The quantitative estimate of drug-likeness (QED) is 0.427. The second-order valence-electron chi connectivity index (χ2n) is 0.838. The molecule has 30 valence electrons. The highest BCUT2D eigenvalue weighted by atomic mass is 79.9. The lowest BCUT2D eigenvalue weighted by atomic mass is 11.0. The van der Waals surface area contributed by atoms with Gasteiger partial charge in [-0.05, 0) is 0 Å². The molecule has 0 aromatic rings. The van der Waals surface area contributed by atoms with Crippen LogP contribution in [0.15, 0.2) is 0 Å². The molecule has 1 nitrogen and oxygen atoms in total. The summed E-state index contributed by atoms with van der Waals surface area (Å²) in [6, 6.07) is 0. The van der Waals surface area contributed by atoms with Gasteiger partial charge in [-0.25, -0.2) is 0 Å². The molecule has 2 atom stereocenters. The number of hydrogen-bond donors (Lipinski definition) is 0. The van der Waals surface area contributed by atoms with E-state index in [-0.39, 0.29) is 10.0 Å². The van der Waals surface area contributed by atoms with Gasteiger partial charge in [-0.15, -0.1) is 0 Å². The summed E-state index contributed by atoms with van der Waals surface area (Å²) in [6.07, 6.45) is 0. The lowest BCUT2D eigenvalue weighted by Gasteiger charge is -1.53. The molecular formula is C2H2Br2O. The van der Waals surface area contributed by atoms with Crippen molar-refractivity contribution in [2.75, 3.05) is 0 Å². The fourth-order valence-corrected chi connectivity index (χ4v) is 0.833. The van der Waals surface area contributed by atoms with E-state index < -0.39 is 0 Å². The molecule has 1 heterocycles. The molecule has 0 radical (unpaired) electrons. The standard InChI is InChI=1S/C2H2Br2O/c3-1-2(4)5-1/h1-2H. The zero-order valence-corrected chi connectivity index (χ0v) is 5.49. The summed E-state index contributed by atoms with van der Waals surface area (Å²) in [5, 5.41) is 0.560. The van der Waals surface area contributed by atoms with Crippen molar-refractivity contribution in [3.8, 4) is 0 Å². The summed E-state index contributed by atoms with van der Waals surface area (Å²) >= 11 is 6.36. The van der Waals surface area contributed by atoms with Crippen LogP contribution in [0.1, 0.15) is 0 Å². The van der Waals surface area contributed by atoms with E-state index in [0.29, 0.717) is 0 Å². The molecule has 0 bridgehead atoms. The molecule has 0 N–H and O–H groups in total. The van der Waals surface area contributed by atoms with Crippen LogP contribution in [0.4, 0.5) is 0 Å². The van der Waals surface area contributed by atoms with Gasteiger partial charge in [0.1, 0.15) is 10.0 Å². The highest BCUT2D eigenvalue weighted by Gasteiger charge is 2.32. The summed E-state index contributed by atoms with van der Waals surface area (Å²) in [7, 11) is 0. The molecule has 0 aliphatic carbocycles. The molecule has 0 aromatic carbocycles. The second kappa shape index (κ2) is 1.21. The number of alkyl halides is 2. The lowest BCUT2D eigenvalue weighted by Crippen LogP contribution is -1.61. The van der Waals surface area contributed by atoms with Gasteiger partial charge in [0, 0.05) is 0 Å². The van der Waals surface area contributed by atoms with E-state index in [2.05, 4.69) is 31.9 Å². The first-order valence-electron chi connectivity index (χ1n) is 1.24. The number of epoxide rings is 1. The number of ether oxygens (including phenoxy) is 1. The Morgan fingerprint density at radius 2 is 1.40 bits per heavy atom. The van der Waals surface area contributed by atoms with E-state index in [4.69, 9.17) is 4.74 Å². The van der Waals surface area contributed by atoms with E-state index in [1.165, 1.54) is 0 Å². The summed E-state index contributed by atoms with van der Waals surface area (Å²) in [5.41, 5.74) is 0. The molecule has 5 heavy (non-hydrogen) atoms. The van der Waals surface area contributed by atoms with Crippen LogP contribution in [-0.4, -0.2) is 10.0 Å². The first-order chi connectivity index (χ1) is 2.30. The lowest BCUT2D eigenvalue weighted by molar-refractivity contribution is 0.452. The van der Waals surface area contributed by atoms with Crippen molar-refractivity contribution in [3.05, 3.63) is 0 Å². The maximum absolute atomic E-state index is 4.75. The maximum atomic E-state index is 4.75. The molecule has 0 spiro atoms. The van der Waals surface area contributed by atoms with Crippen molar-refractivity contribution in [1.29, 1.82) is 0 Å². The molecule has 1 aliphatic rings. The average Bonchev–Trinajstić information content (AvgIpc) is 1.79. The summed E-state index contributed by atoms with van der Waals surface area (Å²) in [6.45, 7) is 0. The van der Waals surface area contributed by atoms with Crippen molar-refractivity contribution in [2.24, 2.45) is 0 Å². The fraction of sp³-hybridized carbons (Fsp3) is 1.00. The van der Waals surface area contributed by atoms with Crippen LogP contribution < -0.4 is 0 Å². The smallest absolute Gasteiger partial charge is 0.150 e. The minimum Gasteiger partial charge on any atom is -0.345 e. The number of halogens is 2. The largest absolute Gasteiger partial charge is 0.345 e. The van der Waals surface area contributed by atoms with E-state index in [1.54, 1.807) is 0 Å². The Labute approximate surface area is 46.9 Å². The zero-order valence-electron chi connectivity index (χ0n) is 2.32. The summed E-state index contributed by atoms with van der Waals surface area (Å²) < 4.78 is 4.75. The first-order valence-corrected chi connectivity index (χ1v) is 3.07. The van der Waals surface area contributed by atoms with Gasteiger partial charge in [0.2, 0.25) is 0 Å². The van der Waals surface area contributed by atoms with Crippen molar-refractivity contribution in [3.63, 3.8) is 0 Å². The van der Waals surface area contributed by atoms with Crippen molar-refractivity contribution < 1.29 is 4.74 Å². The first kappa shape index (κ1) is 4.09. The second-order valence-corrected chi connectivity index (χ2v) is 2.64. The van der Waals surface area contributed by atoms with Crippen LogP contribution in [0.5, 0.6) is 0 Å². The Hall–Kier alpha value is 0.920. The average molecular weight is 202 g/mol. The van der Waals surface area contributed by atoms with Crippen molar-refractivity contribution in [2.45, 2.75) is 10.0 Å². The molecule has 1 fully saturated rings. The number of hydrogen-bond acceptors (Lipinski definition) is 1. The Morgan fingerprint density at radius 3 is 1.40 bits per heavy atom. The van der Waals surface area contributed by atoms with Crippen LogP contribution in [0.3, 0.4) is 0 Å². The SMILES string of the molecule is BrC1OC1Br. The van der Waals surface area contributed by atoms with Crippen molar-refractivity contribution in [1.82, 2.24) is 0 Å². The van der Waals surface area contributed by atoms with Crippen LogP contribution in [0.2, 0.25) is 0 Å². The maximum Gasteiger partial charge on any atom is 0.150 e. The number of rotatable bonds is 0. The third-order valence-corrected chi connectivity index (χ3v) is 2.49. The molecule has 0 saturated carbocycles. The van der Waals surface area contributed by atoms with Crippen LogP contribution in [0, 0.1) is 0 Å². The predicted octanol–water partition coefficient (Wildman–Crippen LogP) is 1.46. The summed E-state index contributed by atoms with van der Waals surface area (Å²) in [4.78, 5) is 0. The molecular weight excluding hydrogens is 200 g/mol. The zero-order chi connectivity index (χ0) is 3.86. The van der Waals surface area contributed by atoms with Crippen molar-refractivity contribution >= 4 is 31.9 Å². The van der Waals surface area contributed by atoms with Gasteiger partial charge in [-0.3, -0.25) is 0 Å². The minimum atomic E-state index is 0.280. The van der Waals surface area contributed by atoms with E-state index in [1.807, 2.05) is 0 Å². The molecule has 1 saturated heterocycles. The summed E-state index contributed by atoms with van der Waals surface area (Å²) in [5.74, 6) is 0. The van der Waals surface area contributed by atoms with Gasteiger partial charge in [0.25, 0.3) is 0 Å². The predicted molar refractivity (Wildman–Crippen MR) is 26.5 cm³/mol. The third-order valence-electron chi connectivity index (χ3n) is 0.389. The topological polar surface area (TPSA) is 12.5 Å². The molecule has 0 aromatic heterocycles. The van der Waals surface area contributed by atoms with Crippen LogP contribution in [0.25, 0.3) is 0 Å². The third kappa shape index (κ3) is 0.876. The molecule has 0 amide bonds. The van der Waals surface area contributed by atoms with Gasteiger partial charge < -0.3 is 4.74 Å². The van der Waals surface area contributed by atoms with Gasteiger partial charge in [0.05, 0.1) is 0 Å². The normalized spacial score (nSPS) is 49.2. The highest BCUT2D eigenvalue weighted by Crippen LogP contribution is 2.32. The monoisotopic (exact) mass is 200 g/mol.